The first-order valence-corrected chi connectivity index (χ1v) is 4.28. The zero-order chi connectivity index (χ0) is 9.23. The second-order valence-corrected chi connectivity index (χ2v) is 2.78. The summed E-state index contributed by atoms with van der Waals surface area (Å²) < 4.78 is 4.36. The molecule has 0 atom stereocenters. The molecule has 4 nitrogen and oxygen atoms in total. The lowest BCUT2D eigenvalue weighted by atomic mass is 10.4. The van der Waals surface area contributed by atoms with E-state index in [0.717, 1.165) is 26.2 Å². The average molecular weight is 174 g/mol. The van der Waals surface area contributed by atoms with Gasteiger partial charge in [0.1, 0.15) is 0 Å². The first-order chi connectivity index (χ1) is 5.77. The third-order valence-electron chi connectivity index (χ3n) is 1.28. The molecule has 1 rings (SSSR count). The molecular weight excluding hydrogens is 156 g/mol. The van der Waals surface area contributed by atoms with Gasteiger partial charge in [0.25, 0.3) is 6.47 Å². The topological polar surface area (TPSA) is 50.4 Å². The number of carbonyl (C=O) groups excluding carboxylic acids is 1. The highest BCUT2D eigenvalue weighted by molar-refractivity contribution is 5.37. The Morgan fingerprint density at radius 2 is 1.58 bits per heavy atom. The van der Waals surface area contributed by atoms with Crippen molar-refractivity contribution >= 4 is 6.47 Å². The molecule has 1 fully saturated rings. The second-order valence-electron chi connectivity index (χ2n) is 2.78. The maximum absolute atomic E-state index is 9.39. The van der Waals surface area contributed by atoms with Gasteiger partial charge in [-0.1, -0.05) is 0 Å². The van der Waals surface area contributed by atoms with Crippen LogP contribution in [-0.2, 0) is 9.53 Å². The van der Waals surface area contributed by atoms with Crippen molar-refractivity contribution in [1.29, 1.82) is 0 Å². The van der Waals surface area contributed by atoms with E-state index in [-0.39, 0.29) is 6.10 Å². The minimum atomic E-state index is 0.0301. The lowest BCUT2D eigenvalue weighted by Crippen LogP contribution is -2.39. The molecule has 0 aliphatic carbocycles. The molecule has 2 N–H and O–H groups in total. The Morgan fingerprint density at radius 1 is 1.17 bits per heavy atom. The number of hydrogen-bond acceptors (Lipinski definition) is 4. The van der Waals surface area contributed by atoms with Crippen LogP contribution in [-0.4, -0.2) is 38.8 Å². The Labute approximate surface area is 73.7 Å². The van der Waals surface area contributed by atoms with E-state index in [2.05, 4.69) is 15.4 Å². The molecular formula is C8H18N2O2. The molecule has 0 amide bonds. The number of piperazine rings is 1. The Kier molecular flexibility index (Phi) is 8.05. The highest BCUT2D eigenvalue weighted by atomic mass is 16.5. The number of nitrogens with one attached hydrogen (secondary N) is 2. The van der Waals surface area contributed by atoms with Gasteiger partial charge in [-0.15, -0.1) is 0 Å². The first-order valence-electron chi connectivity index (χ1n) is 4.28. The maximum Gasteiger partial charge on any atom is 0.293 e. The van der Waals surface area contributed by atoms with Crippen LogP contribution in [0, 0.1) is 0 Å². The van der Waals surface area contributed by atoms with Gasteiger partial charge in [-0.2, -0.15) is 0 Å². The zero-order valence-corrected chi connectivity index (χ0v) is 7.80. The molecule has 0 spiro atoms. The second kappa shape index (κ2) is 8.49. The van der Waals surface area contributed by atoms with Crippen LogP contribution in [0.15, 0.2) is 0 Å². The Balaban J connectivity index is 0.000000202. The molecule has 0 bridgehead atoms. The van der Waals surface area contributed by atoms with Crippen molar-refractivity contribution in [3.63, 3.8) is 0 Å². The van der Waals surface area contributed by atoms with E-state index in [1.807, 2.05) is 0 Å². The molecule has 0 radical (unpaired) electrons. The average Bonchev–Trinajstić information content (AvgIpc) is 2.08. The SMILES string of the molecule is C1CNCCN1.CC(C)OC=O. The molecule has 12 heavy (non-hydrogen) atoms. The highest BCUT2D eigenvalue weighted by Crippen LogP contribution is 1.79. The summed E-state index contributed by atoms with van der Waals surface area (Å²) in [6.45, 7) is 8.60. The summed E-state index contributed by atoms with van der Waals surface area (Å²) in [5.74, 6) is 0. The lowest BCUT2D eigenvalue weighted by Gasteiger charge is -2.11. The van der Waals surface area contributed by atoms with Crippen molar-refractivity contribution in [2.24, 2.45) is 0 Å². The van der Waals surface area contributed by atoms with Crippen molar-refractivity contribution in [3.05, 3.63) is 0 Å². The van der Waals surface area contributed by atoms with Crippen molar-refractivity contribution in [1.82, 2.24) is 10.6 Å². The van der Waals surface area contributed by atoms with Gasteiger partial charge in [0.2, 0.25) is 0 Å². The van der Waals surface area contributed by atoms with E-state index < -0.39 is 0 Å². The van der Waals surface area contributed by atoms with Gasteiger partial charge in [0, 0.05) is 26.2 Å². The van der Waals surface area contributed by atoms with Gasteiger partial charge in [-0.3, -0.25) is 4.79 Å². The molecule has 0 aromatic carbocycles. The maximum atomic E-state index is 9.39. The highest BCUT2D eigenvalue weighted by Gasteiger charge is 1.91. The Morgan fingerprint density at radius 3 is 1.67 bits per heavy atom. The molecule has 72 valence electrons. The van der Waals surface area contributed by atoms with Gasteiger partial charge in [0.15, 0.2) is 0 Å². The summed E-state index contributed by atoms with van der Waals surface area (Å²) >= 11 is 0. The van der Waals surface area contributed by atoms with Crippen LogP contribution >= 0.6 is 0 Å². The summed E-state index contributed by atoms with van der Waals surface area (Å²) in [5.41, 5.74) is 0. The zero-order valence-electron chi connectivity index (χ0n) is 7.80. The summed E-state index contributed by atoms with van der Waals surface area (Å²) in [5, 5.41) is 6.44. The molecule has 0 unspecified atom stereocenters. The molecule has 1 aliphatic rings. The number of rotatable bonds is 2. The van der Waals surface area contributed by atoms with Gasteiger partial charge < -0.3 is 15.4 Å². The molecule has 0 saturated carbocycles. The smallest absolute Gasteiger partial charge is 0.293 e. The van der Waals surface area contributed by atoms with Crippen molar-refractivity contribution in [2.45, 2.75) is 20.0 Å². The third kappa shape index (κ3) is 9.39. The number of carbonyl (C=O) groups is 1. The minimum absolute atomic E-state index is 0.0301. The van der Waals surface area contributed by atoms with Crippen LogP contribution in [0.4, 0.5) is 0 Å². The molecule has 0 aromatic heterocycles. The van der Waals surface area contributed by atoms with Crippen LogP contribution in [0.5, 0.6) is 0 Å². The van der Waals surface area contributed by atoms with Gasteiger partial charge in [-0.25, -0.2) is 0 Å². The molecule has 0 aromatic rings. The van der Waals surface area contributed by atoms with Crippen molar-refractivity contribution in [3.8, 4) is 0 Å². The summed E-state index contributed by atoms with van der Waals surface area (Å²) in [7, 11) is 0. The van der Waals surface area contributed by atoms with Gasteiger partial charge in [0.05, 0.1) is 6.10 Å². The molecule has 1 saturated heterocycles. The van der Waals surface area contributed by atoms with Crippen LogP contribution in [0.2, 0.25) is 0 Å². The van der Waals surface area contributed by atoms with Gasteiger partial charge in [-0.05, 0) is 13.8 Å². The summed E-state index contributed by atoms with van der Waals surface area (Å²) in [4.78, 5) is 9.39. The predicted molar refractivity (Wildman–Crippen MR) is 48.0 cm³/mol. The standard InChI is InChI=1S/C4H10N2.C4H8O2/c1-2-6-4-3-5-1;1-4(2)6-3-5/h5-6H,1-4H2;3-4H,1-2H3. The number of ether oxygens (including phenoxy) is 1. The van der Waals surface area contributed by atoms with Crippen LogP contribution in [0.3, 0.4) is 0 Å². The first kappa shape index (κ1) is 11.4. The fraction of sp³-hybridized carbons (Fsp3) is 0.875. The third-order valence-corrected chi connectivity index (χ3v) is 1.28. The van der Waals surface area contributed by atoms with E-state index in [0.29, 0.717) is 6.47 Å². The van der Waals surface area contributed by atoms with E-state index in [9.17, 15) is 4.79 Å². The van der Waals surface area contributed by atoms with E-state index in [4.69, 9.17) is 0 Å². The molecule has 1 heterocycles. The fourth-order valence-electron chi connectivity index (χ4n) is 0.715. The fourth-order valence-corrected chi connectivity index (χ4v) is 0.715. The molecule has 4 heteroatoms. The largest absolute Gasteiger partial charge is 0.465 e. The minimum Gasteiger partial charge on any atom is -0.465 e. The Hall–Kier alpha value is -0.610. The quantitative estimate of drug-likeness (QED) is 0.567. The summed E-state index contributed by atoms with van der Waals surface area (Å²) in [6, 6.07) is 0. The molecule has 1 aliphatic heterocycles. The summed E-state index contributed by atoms with van der Waals surface area (Å²) in [6.07, 6.45) is 0.0301. The lowest BCUT2D eigenvalue weighted by molar-refractivity contribution is -0.131. The predicted octanol–water partition coefficient (Wildman–Crippen LogP) is -0.253. The monoisotopic (exact) mass is 174 g/mol. The van der Waals surface area contributed by atoms with E-state index in [1.54, 1.807) is 13.8 Å². The van der Waals surface area contributed by atoms with Gasteiger partial charge >= 0.3 is 0 Å². The van der Waals surface area contributed by atoms with Crippen LogP contribution in [0.1, 0.15) is 13.8 Å². The van der Waals surface area contributed by atoms with E-state index >= 15 is 0 Å². The number of hydrogen-bond donors (Lipinski definition) is 2. The normalized spacial score (nSPS) is 16.2. The van der Waals surface area contributed by atoms with E-state index in [1.165, 1.54) is 0 Å². The van der Waals surface area contributed by atoms with Crippen LogP contribution < -0.4 is 10.6 Å². The Bertz CT molecular complexity index is 91.7. The van der Waals surface area contributed by atoms with Crippen molar-refractivity contribution in [2.75, 3.05) is 26.2 Å². The van der Waals surface area contributed by atoms with Crippen molar-refractivity contribution < 1.29 is 9.53 Å². The van der Waals surface area contributed by atoms with Crippen LogP contribution in [0.25, 0.3) is 0 Å².